The molecule has 0 amide bonds. The fourth-order valence-corrected chi connectivity index (χ4v) is 2.88. The van der Waals surface area contributed by atoms with Crippen LogP contribution in [0.1, 0.15) is 33.2 Å². The maximum Gasteiger partial charge on any atom is 0.338 e. The lowest BCUT2D eigenvalue weighted by atomic mass is 10.1. The first-order valence-electron chi connectivity index (χ1n) is 6.83. The number of ether oxygens (including phenoxy) is 1. The van der Waals surface area contributed by atoms with Crippen LogP contribution in [0.2, 0.25) is 0 Å². The molecule has 0 aliphatic heterocycles. The van der Waals surface area contributed by atoms with Crippen LogP contribution in [0.4, 0.5) is 0 Å². The summed E-state index contributed by atoms with van der Waals surface area (Å²) in [4.78, 5) is 23.4. The molecule has 0 aliphatic rings. The van der Waals surface area contributed by atoms with Gasteiger partial charge < -0.3 is 9.84 Å². The molecule has 0 radical (unpaired) electrons. The molecule has 114 valence electrons. The number of hydrogen-bond donors (Lipinski definition) is 1. The minimum atomic E-state index is -0.930. The zero-order valence-electron chi connectivity index (χ0n) is 12.1. The van der Waals surface area contributed by atoms with Crippen LogP contribution >= 0.6 is 11.8 Å². The van der Waals surface area contributed by atoms with E-state index in [1.807, 2.05) is 18.2 Å². The summed E-state index contributed by atoms with van der Waals surface area (Å²) in [6.45, 7) is 2.12. The molecule has 5 heteroatoms. The summed E-state index contributed by atoms with van der Waals surface area (Å²) < 4.78 is 4.93. The van der Waals surface area contributed by atoms with E-state index in [4.69, 9.17) is 9.84 Å². The zero-order valence-corrected chi connectivity index (χ0v) is 12.9. The predicted octanol–water partition coefficient (Wildman–Crippen LogP) is 3.85. The zero-order chi connectivity index (χ0) is 15.9. The predicted molar refractivity (Wildman–Crippen MR) is 85.4 cm³/mol. The van der Waals surface area contributed by atoms with E-state index in [2.05, 4.69) is 0 Å². The van der Waals surface area contributed by atoms with Crippen molar-refractivity contribution >= 4 is 23.7 Å². The van der Waals surface area contributed by atoms with E-state index in [1.54, 1.807) is 37.3 Å². The van der Waals surface area contributed by atoms with Crippen LogP contribution in [0.3, 0.4) is 0 Å². The van der Waals surface area contributed by atoms with E-state index in [-0.39, 0.29) is 5.97 Å². The van der Waals surface area contributed by atoms with Gasteiger partial charge in [0.15, 0.2) is 0 Å². The highest BCUT2D eigenvalue weighted by molar-refractivity contribution is 7.98. The maximum atomic E-state index is 11.6. The number of carboxylic acids is 1. The lowest BCUT2D eigenvalue weighted by Gasteiger charge is -2.06. The number of thioether (sulfide) groups is 1. The first kappa shape index (κ1) is 16.1. The van der Waals surface area contributed by atoms with Gasteiger partial charge >= 0.3 is 11.9 Å². The summed E-state index contributed by atoms with van der Waals surface area (Å²) in [5.41, 5.74) is 1.83. The van der Waals surface area contributed by atoms with Crippen molar-refractivity contribution in [1.82, 2.24) is 0 Å². The largest absolute Gasteiger partial charge is 0.478 e. The van der Waals surface area contributed by atoms with Gasteiger partial charge in [-0.1, -0.05) is 24.3 Å². The Kier molecular flexibility index (Phi) is 5.61. The van der Waals surface area contributed by atoms with Gasteiger partial charge in [0.25, 0.3) is 0 Å². The van der Waals surface area contributed by atoms with Gasteiger partial charge in [0.05, 0.1) is 17.7 Å². The molecule has 0 heterocycles. The Morgan fingerprint density at radius 1 is 1.09 bits per heavy atom. The van der Waals surface area contributed by atoms with E-state index in [9.17, 15) is 9.59 Å². The standard InChI is InChI=1S/C17H16O4S/c1-2-21-17(20)13-9-7-12(8-10-13)11-22-15-6-4-3-5-14(15)16(18)19/h3-10H,2,11H2,1H3,(H,18,19). The molecule has 2 rings (SSSR count). The van der Waals surface area contributed by atoms with Crippen LogP contribution in [0.5, 0.6) is 0 Å². The van der Waals surface area contributed by atoms with Gasteiger partial charge in [0.1, 0.15) is 0 Å². The topological polar surface area (TPSA) is 63.6 Å². The van der Waals surface area contributed by atoms with E-state index >= 15 is 0 Å². The monoisotopic (exact) mass is 316 g/mol. The summed E-state index contributed by atoms with van der Waals surface area (Å²) in [5, 5.41) is 9.15. The molecular weight excluding hydrogens is 300 g/mol. The molecule has 0 aliphatic carbocycles. The number of carboxylic acid groups (broad SMARTS) is 1. The third-order valence-electron chi connectivity index (χ3n) is 2.98. The van der Waals surface area contributed by atoms with Crippen LogP contribution < -0.4 is 0 Å². The molecule has 0 atom stereocenters. The molecule has 0 fully saturated rings. The van der Waals surface area contributed by atoms with Crippen molar-refractivity contribution in [1.29, 1.82) is 0 Å². The van der Waals surface area contributed by atoms with Crippen molar-refractivity contribution in [2.45, 2.75) is 17.6 Å². The maximum absolute atomic E-state index is 11.6. The number of aromatic carboxylic acids is 1. The smallest absolute Gasteiger partial charge is 0.338 e. The van der Waals surface area contributed by atoms with Gasteiger partial charge in [-0.2, -0.15) is 0 Å². The molecule has 0 spiro atoms. The lowest BCUT2D eigenvalue weighted by Crippen LogP contribution is -2.04. The van der Waals surface area contributed by atoms with Crippen LogP contribution in [0, 0.1) is 0 Å². The minimum absolute atomic E-state index is 0.302. The van der Waals surface area contributed by atoms with Gasteiger partial charge in [-0.3, -0.25) is 0 Å². The molecule has 2 aromatic carbocycles. The lowest BCUT2D eigenvalue weighted by molar-refractivity contribution is 0.0525. The Balaban J connectivity index is 2.03. The van der Waals surface area contributed by atoms with Crippen LogP contribution in [-0.2, 0) is 10.5 Å². The summed E-state index contributed by atoms with van der Waals surface area (Å²) in [5.74, 6) is -0.633. The highest BCUT2D eigenvalue weighted by Crippen LogP contribution is 2.26. The second-order valence-corrected chi connectivity index (χ2v) is 5.52. The summed E-state index contributed by atoms with van der Waals surface area (Å²) >= 11 is 1.46. The third-order valence-corrected chi connectivity index (χ3v) is 4.12. The number of hydrogen-bond acceptors (Lipinski definition) is 4. The van der Waals surface area contributed by atoms with Crippen LogP contribution in [0.15, 0.2) is 53.4 Å². The molecule has 1 N–H and O–H groups in total. The summed E-state index contributed by atoms with van der Waals surface area (Å²) in [6.07, 6.45) is 0. The SMILES string of the molecule is CCOC(=O)c1ccc(CSc2ccccc2C(=O)O)cc1. The Bertz CT molecular complexity index is 665. The first-order chi connectivity index (χ1) is 10.6. The van der Waals surface area contributed by atoms with E-state index in [0.717, 1.165) is 10.5 Å². The highest BCUT2D eigenvalue weighted by atomic mass is 32.2. The minimum Gasteiger partial charge on any atom is -0.478 e. The average Bonchev–Trinajstić information content (AvgIpc) is 2.54. The number of carbonyl (C=O) groups is 2. The number of esters is 1. The second-order valence-electron chi connectivity index (χ2n) is 4.51. The van der Waals surface area contributed by atoms with Gasteiger partial charge in [0.2, 0.25) is 0 Å². The first-order valence-corrected chi connectivity index (χ1v) is 7.81. The van der Waals surface area contributed by atoms with Crippen molar-refractivity contribution < 1.29 is 19.4 Å². The van der Waals surface area contributed by atoms with Gasteiger partial charge in [-0.05, 0) is 36.8 Å². The molecule has 0 saturated heterocycles. The van der Waals surface area contributed by atoms with Gasteiger partial charge in [-0.15, -0.1) is 11.8 Å². The number of carbonyl (C=O) groups excluding carboxylic acids is 1. The Morgan fingerprint density at radius 2 is 1.77 bits per heavy atom. The van der Waals surface area contributed by atoms with Gasteiger partial charge in [0, 0.05) is 10.6 Å². The molecule has 0 unspecified atom stereocenters. The van der Waals surface area contributed by atoms with Crippen molar-refractivity contribution in [3.05, 3.63) is 65.2 Å². The summed E-state index contributed by atoms with van der Waals surface area (Å²) in [7, 11) is 0. The van der Waals surface area contributed by atoms with Crippen LogP contribution in [-0.4, -0.2) is 23.7 Å². The highest BCUT2D eigenvalue weighted by Gasteiger charge is 2.10. The summed E-state index contributed by atoms with van der Waals surface area (Å²) in [6, 6.07) is 14.1. The molecule has 22 heavy (non-hydrogen) atoms. The fraction of sp³-hybridized carbons (Fsp3) is 0.176. The average molecular weight is 316 g/mol. The van der Waals surface area contributed by atoms with Gasteiger partial charge in [-0.25, -0.2) is 9.59 Å². The van der Waals surface area contributed by atoms with E-state index in [0.29, 0.717) is 23.5 Å². The quantitative estimate of drug-likeness (QED) is 0.648. The third kappa shape index (κ3) is 4.11. The van der Waals surface area contributed by atoms with Crippen molar-refractivity contribution in [3.63, 3.8) is 0 Å². The van der Waals surface area contributed by atoms with Crippen LogP contribution in [0.25, 0.3) is 0 Å². The van der Waals surface area contributed by atoms with E-state index in [1.165, 1.54) is 11.8 Å². The molecule has 4 nitrogen and oxygen atoms in total. The van der Waals surface area contributed by atoms with Crippen molar-refractivity contribution in [2.75, 3.05) is 6.61 Å². The molecule has 0 bridgehead atoms. The Labute approximate surface area is 133 Å². The molecular formula is C17H16O4S. The normalized spacial score (nSPS) is 10.2. The van der Waals surface area contributed by atoms with E-state index < -0.39 is 5.97 Å². The molecule has 0 saturated carbocycles. The fourth-order valence-electron chi connectivity index (χ4n) is 1.88. The second kappa shape index (κ2) is 7.66. The Hall–Kier alpha value is -2.27. The molecule has 0 aromatic heterocycles. The van der Waals surface area contributed by atoms with Crippen molar-refractivity contribution in [3.8, 4) is 0 Å². The number of rotatable bonds is 6. The molecule has 2 aromatic rings. The Morgan fingerprint density at radius 3 is 2.41 bits per heavy atom. The number of benzene rings is 2. The van der Waals surface area contributed by atoms with Crippen molar-refractivity contribution in [2.24, 2.45) is 0 Å².